The van der Waals surface area contributed by atoms with Crippen LogP contribution in [0.15, 0.2) is 17.0 Å². The molecule has 2 N–H and O–H groups in total. The number of aliphatic imine (C=N–C) groups is 1. The van der Waals surface area contributed by atoms with Crippen molar-refractivity contribution in [3.8, 4) is 0 Å². The Morgan fingerprint density at radius 1 is 1.81 bits per heavy atom. The Hall–Kier alpha value is -0.790. The van der Waals surface area contributed by atoms with E-state index in [9.17, 15) is 4.39 Å². The second-order valence-corrected chi connectivity index (χ2v) is 4.68. The molecule has 0 bridgehead atoms. The molecule has 0 aliphatic carbocycles. The van der Waals surface area contributed by atoms with Gasteiger partial charge in [0, 0.05) is 19.1 Å². The van der Waals surface area contributed by atoms with E-state index in [0.29, 0.717) is 13.3 Å². The fourth-order valence-electron chi connectivity index (χ4n) is 1.50. The van der Waals surface area contributed by atoms with Crippen molar-refractivity contribution in [2.75, 3.05) is 26.1 Å². The summed E-state index contributed by atoms with van der Waals surface area (Å²) in [5, 5.41) is 0. The summed E-state index contributed by atoms with van der Waals surface area (Å²) in [6.45, 7) is 0.872. The highest BCUT2D eigenvalue weighted by atomic mass is 32.2. The molecule has 1 saturated heterocycles. The second-order valence-electron chi connectivity index (χ2n) is 3.48. The zero-order chi connectivity index (χ0) is 11.5. The molecule has 0 aromatic heterocycles. The number of halogens is 1. The number of hydrogen-bond acceptors (Lipinski definition) is 6. The Bertz CT molecular complexity index is 324. The lowest BCUT2D eigenvalue weighted by Crippen LogP contribution is -2.37. The summed E-state index contributed by atoms with van der Waals surface area (Å²) >= 11 is 1.65. The lowest BCUT2D eigenvalue weighted by atomic mass is 10.4. The number of thioether (sulfide) groups is 1. The maximum atomic E-state index is 13.2. The predicted octanol–water partition coefficient (Wildman–Crippen LogP) is 0.490. The van der Waals surface area contributed by atoms with E-state index in [4.69, 9.17) is 15.2 Å². The van der Waals surface area contributed by atoms with Crippen LogP contribution >= 0.6 is 11.8 Å². The van der Waals surface area contributed by atoms with Crippen molar-refractivity contribution in [2.24, 2.45) is 10.7 Å². The van der Waals surface area contributed by atoms with Crippen molar-refractivity contribution in [2.45, 2.75) is 11.7 Å². The summed E-state index contributed by atoms with van der Waals surface area (Å²) in [6, 6.07) is 0. The Morgan fingerprint density at radius 3 is 3.31 bits per heavy atom. The van der Waals surface area contributed by atoms with Gasteiger partial charge >= 0.3 is 0 Å². The van der Waals surface area contributed by atoms with Crippen LogP contribution in [0.5, 0.6) is 0 Å². The normalized spacial score (nSPS) is 30.2. The zero-order valence-electron chi connectivity index (χ0n) is 8.93. The molecule has 0 aromatic rings. The van der Waals surface area contributed by atoms with Gasteiger partial charge in [-0.05, 0) is 0 Å². The van der Waals surface area contributed by atoms with Crippen LogP contribution < -0.4 is 5.73 Å². The monoisotopic (exact) mass is 247 g/mol. The molecule has 90 valence electrons. The van der Waals surface area contributed by atoms with Crippen LogP contribution in [0.25, 0.3) is 0 Å². The van der Waals surface area contributed by atoms with E-state index in [-0.39, 0.29) is 17.5 Å². The molecule has 0 saturated carbocycles. The molecule has 0 spiro atoms. The molecule has 0 aromatic carbocycles. The topological polar surface area (TPSA) is 60.1 Å². The first-order valence-corrected chi connectivity index (χ1v) is 5.95. The number of rotatable bonds is 3. The number of hydrogen-bond donors (Lipinski definition) is 1. The molecule has 0 radical (unpaired) electrons. The smallest absolute Gasteiger partial charge is 0.180 e. The van der Waals surface area contributed by atoms with Gasteiger partial charge in [-0.2, -0.15) is 0 Å². The van der Waals surface area contributed by atoms with Crippen LogP contribution in [-0.2, 0) is 9.47 Å². The summed E-state index contributed by atoms with van der Waals surface area (Å²) in [6.07, 6.45) is 1.19. The molecule has 7 heteroatoms. The molecule has 2 rings (SSSR count). The van der Waals surface area contributed by atoms with Gasteiger partial charge in [-0.1, -0.05) is 0 Å². The third-order valence-corrected chi connectivity index (χ3v) is 3.43. The highest BCUT2D eigenvalue weighted by Crippen LogP contribution is 2.28. The second kappa shape index (κ2) is 5.03. The molecular formula is C9H14FN3O2S. The van der Waals surface area contributed by atoms with E-state index in [1.165, 1.54) is 6.20 Å². The fraction of sp³-hybridized carbons (Fsp3) is 0.667. The van der Waals surface area contributed by atoms with E-state index in [0.717, 1.165) is 5.75 Å². The Kier molecular flexibility index (Phi) is 3.67. The third-order valence-electron chi connectivity index (χ3n) is 2.33. The third kappa shape index (κ3) is 2.47. The molecule has 5 nitrogen and oxygen atoms in total. The standard InChI is InChI=1S/C9H14FN3O2S/c1-14-3-8-15-7(4-16-8)13-2-6(10)9(11)12-5-13/h2,7-8H,3-5H2,1H3,(H2,11,12)/t7?,8-/m0/s1. The molecule has 0 amide bonds. The highest BCUT2D eigenvalue weighted by Gasteiger charge is 2.30. The van der Waals surface area contributed by atoms with Gasteiger partial charge < -0.3 is 20.1 Å². The van der Waals surface area contributed by atoms with Crippen LogP contribution in [0.2, 0.25) is 0 Å². The van der Waals surface area contributed by atoms with Gasteiger partial charge in [0.05, 0.1) is 6.61 Å². The average molecular weight is 247 g/mol. The SMILES string of the molecule is COC[C@H]1OC(N2C=C(F)C(N)=NC2)CS1. The number of ether oxygens (including phenoxy) is 2. The summed E-state index contributed by atoms with van der Waals surface area (Å²) in [5.41, 5.74) is 5.34. The first kappa shape index (κ1) is 11.7. The summed E-state index contributed by atoms with van der Waals surface area (Å²) in [5.74, 6) is 0.220. The van der Waals surface area contributed by atoms with Crippen molar-refractivity contribution in [1.29, 1.82) is 0 Å². The van der Waals surface area contributed by atoms with Gasteiger partial charge in [-0.3, -0.25) is 0 Å². The van der Waals surface area contributed by atoms with Crippen LogP contribution in [0.4, 0.5) is 4.39 Å². The molecule has 2 atom stereocenters. The zero-order valence-corrected chi connectivity index (χ0v) is 9.74. The average Bonchev–Trinajstić information content (AvgIpc) is 2.71. The predicted molar refractivity (Wildman–Crippen MR) is 60.5 cm³/mol. The van der Waals surface area contributed by atoms with Crippen LogP contribution in [0.3, 0.4) is 0 Å². The van der Waals surface area contributed by atoms with Crippen molar-refractivity contribution < 1.29 is 13.9 Å². The number of methoxy groups -OCH3 is 1. The van der Waals surface area contributed by atoms with Crippen molar-refractivity contribution in [3.05, 3.63) is 12.0 Å². The fourth-order valence-corrected chi connectivity index (χ4v) is 2.59. The molecule has 2 aliphatic heterocycles. The molecular weight excluding hydrogens is 233 g/mol. The number of amidine groups is 1. The van der Waals surface area contributed by atoms with Crippen molar-refractivity contribution >= 4 is 17.6 Å². The summed E-state index contributed by atoms with van der Waals surface area (Å²) in [7, 11) is 1.63. The molecule has 2 aliphatic rings. The molecule has 1 fully saturated rings. The Morgan fingerprint density at radius 2 is 2.62 bits per heavy atom. The van der Waals surface area contributed by atoms with Crippen LogP contribution in [-0.4, -0.2) is 48.5 Å². The van der Waals surface area contributed by atoms with Gasteiger partial charge in [-0.25, -0.2) is 9.38 Å². The minimum atomic E-state index is -0.505. The van der Waals surface area contributed by atoms with Gasteiger partial charge in [0.1, 0.15) is 18.3 Å². The minimum absolute atomic E-state index is 0.00899. The van der Waals surface area contributed by atoms with Gasteiger partial charge in [-0.15, -0.1) is 11.8 Å². The Labute approximate surface area is 97.5 Å². The minimum Gasteiger partial charge on any atom is -0.381 e. The first-order chi connectivity index (χ1) is 7.70. The lowest BCUT2D eigenvalue weighted by molar-refractivity contribution is -0.0420. The molecule has 2 heterocycles. The van der Waals surface area contributed by atoms with Crippen molar-refractivity contribution in [1.82, 2.24) is 4.90 Å². The molecule has 1 unspecified atom stereocenters. The summed E-state index contributed by atoms with van der Waals surface area (Å²) in [4.78, 5) is 5.57. The van der Waals surface area contributed by atoms with E-state index in [2.05, 4.69) is 4.99 Å². The van der Waals surface area contributed by atoms with E-state index < -0.39 is 5.83 Å². The van der Waals surface area contributed by atoms with Gasteiger partial charge in [0.2, 0.25) is 0 Å². The highest BCUT2D eigenvalue weighted by molar-refractivity contribution is 8.00. The van der Waals surface area contributed by atoms with Crippen LogP contribution in [0, 0.1) is 0 Å². The van der Waals surface area contributed by atoms with Gasteiger partial charge in [0.25, 0.3) is 0 Å². The lowest BCUT2D eigenvalue weighted by Gasteiger charge is -2.27. The largest absolute Gasteiger partial charge is 0.381 e. The number of nitrogens with two attached hydrogens (primary N) is 1. The van der Waals surface area contributed by atoms with Crippen LogP contribution in [0.1, 0.15) is 0 Å². The Balaban J connectivity index is 1.91. The maximum Gasteiger partial charge on any atom is 0.180 e. The van der Waals surface area contributed by atoms with E-state index in [1.807, 2.05) is 0 Å². The van der Waals surface area contributed by atoms with E-state index >= 15 is 0 Å². The van der Waals surface area contributed by atoms with Gasteiger partial charge in [0.15, 0.2) is 11.7 Å². The molecule has 16 heavy (non-hydrogen) atoms. The van der Waals surface area contributed by atoms with E-state index in [1.54, 1.807) is 23.8 Å². The quantitative estimate of drug-likeness (QED) is 0.786. The summed E-state index contributed by atoms with van der Waals surface area (Å²) < 4.78 is 23.9. The van der Waals surface area contributed by atoms with Crippen molar-refractivity contribution in [3.63, 3.8) is 0 Å². The number of nitrogens with zero attached hydrogens (tertiary/aromatic N) is 2. The first-order valence-electron chi connectivity index (χ1n) is 4.90. The maximum absolute atomic E-state index is 13.2.